The van der Waals surface area contributed by atoms with Crippen LogP contribution < -0.4 is 20.1 Å². The highest BCUT2D eigenvalue weighted by atomic mass is 16.5. The van der Waals surface area contributed by atoms with E-state index in [9.17, 15) is 9.59 Å². The van der Waals surface area contributed by atoms with Crippen LogP contribution in [-0.2, 0) is 16.1 Å². The minimum Gasteiger partial charge on any atom is -0.493 e. The molecule has 138 valence electrons. The molecule has 1 aromatic carbocycles. The van der Waals surface area contributed by atoms with Gasteiger partial charge in [-0.05, 0) is 17.7 Å². The van der Waals surface area contributed by atoms with Crippen molar-refractivity contribution in [3.05, 3.63) is 23.8 Å². The molecule has 1 aliphatic rings. The average molecular weight is 351 g/mol. The topological polar surface area (TPSA) is 100 Å². The summed E-state index contributed by atoms with van der Waals surface area (Å²) >= 11 is 0. The molecule has 25 heavy (non-hydrogen) atoms. The number of hydrogen-bond donors (Lipinski definition) is 3. The molecular weight excluding hydrogens is 326 g/mol. The van der Waals surface area contributed by atoms with Crippen LogP contribution >= 0.6 is 0 Å². The second-order valence-corrected chi connectivity index (χ2v) is 5.74. The van der Waals surface area contributed by atoms with Gasteiger partial charge >= 0.3 is 0 Å². The smallest absolute Gasteiger partial charge is 0.237 e. The molecule has 0 spiro atoms. The monoisotopic (exact) mass is 351 g/mol. The first-order chi connectivity index (χ1) is 12.1. The van der Waals surface area contributed by atoms with Crippen molar-refractivity contribution in [3.8, 4) is 11.5 Å². The lowest BCUT2D eigenvalue weighted by Crippen LogP contribution is -2.56. The van der Waals surface area contributed by atoms with Gasteiger partial charge in [0.25, 0.3) is 0 Å². The third-order valence-electron chi connectivity index (χ3n) is 4.09. The maximum Gasteiger partial charge on any atom is 0.237 e. The lowest BCUT2D eigenvalue weighted by molar-refractivity contribution is -0.134. The van der Waals surface area contributed by atoms with Gasteiger partial charge in [0.05, 0.1) is 33.3 Å². The lowest BCUT2D eigenvalue weighted by atomic mass is 10.1. The number of methoxy groups -OCH3 is 2. The van der Waals surface area contributed by atoms with E-state index in [1.54, 1.807) is 14.2 Å². The van der Waals surface area contributed by atoms with E-state index in [2.05, 4.69) is 10.6 Å². The van der Waals surface area contributed by atoms with Gasteiger partial charge in [-0.2, -0.15) is 0 Å². The van der Waals surface area contributed by atoms with Gasteiger partial charge < -0.3 is 25.2 Å². The largest absolute Gasteiger partial charge is 0.493 e. The predicted molar refractivity (Wildman–Crippen MR) is 91.5 cm³/mol. The zero-order valence-corrected chi connectivity index (χ0v) is 14.6. The van der Waals surface area contributed by atoms with Crippen molar-refractivity contribution < 1.29 is 24.2 Å². The number of aliphatic hydroxyl groups excluding tert-OH is 1. The van der Waals surface area contributed by atoms with Crippen LogP contribution in [0.15, 0.2) is 18.2 Å². The zero-order valence-electron chi connectivity index (χ0n) is 14.6. The number of ether oxygens (including phenoxy) is 2. The third-order valence-corrected chi connectivity index (χ3v) is 4.09. The second-order valence-electron chi connectivity index (χ2n) is 5.74. The van der Waals surface area contributed by atoms with Crippen molar-refractivity contribution in [3.63, 3.8) is 0 Å². The van der Waals surface area contributed by atoms with Gasteiger partial charge in [0.1, 0.15) is 0 Å². The van der Waals surface area contributed by atoms with Crippen LogP contribution in [0.5, 0.6) is 11.5 Å². The highest BCUT2D eigenvalue weighted by Crippen LogP contribution is 2.28. The van der Waals surface area contributed by atoms with Crippen LogP contribution in [0.25, 0.3) is 0 Å². The fraction of sp³-hybridized carbons (Fsp3) is 0.529. The molecule has 8 heteroatoms. The quantitative estimate of drug-likeness (QED) is 0.584. The normalized spacial score (nSPS) is 17.7. The molecular formula is C17H25N3O5. The number of aliphatic hydroxyl groups is 1. The molecule has 0 radical (unpaired) electrons. The molecule has 1 unspecified atom stereocenters. The maximum atomic E-state index is 12.2. The Balaban J connectivity index is 2.09. The second kappa shape index (κ2) is 9.24. The molecule has 1 atom stereocenters. The molecule has 0 bridgehead atoms. The fourth-order valence-electron chi connectivity index (χ4n) is 2.83. The summed E-state index contributed by atoms with van der Waals surface area (Å²) in [5, 5.41) is 14.2. The Hall–Kier alpha value is -2.32. The van der Waals surface area contributed by atoms with Crippen LogP contribution in [-0.4, -0.2) is 68.3 Å². The summed E-state index contributed by atoms with van der Waals surface area (Å²) in [7, 11) is 3.15. The van der Waals surface area contributed by atoms with Gasteiger partial charge in [0.15, 0.2) is 11.5 Å². The van der Waals surface area contributed by atoms with E-state index in [0.717, 1.165) is 5.56 Å². The van der Waals surface area contributed by atoms with E-state index >= 15 is 0 Å². The first-order valence-corrected chi connectivity index (χ1v) is 8.19. The van der Waals surface area contributed by atoms with Gasteiger partial charge in [0, 0.05) is 26.2 Å². The van der Waals surface area contributed by atoms with Crippen molar-refractivity contribution in [1.82, 2.24) is 15.5 Å². The van der Waals surface area contributed by atoms with E-state index in [0.29, 0.717) is 31.1 Å². The summed E-state index contributed by atoms with van der Waals surface area (Å²) in [5.41, 5.74) is 0.966. The number of nitrogens with one attached hydrogen (secondary N) is 2. The number of benzene rings is 1. The Morgan fingerprint density at radius 3 is 2.80 bits per heavy atom. The Kier molecular flexibility index (Phi) is 7.03. The van der Waals surface area contributed by atoms with E-state index in [1.165, 1.54) is 0 Å². The number of carbonyl (C=O) groups is 2. The molecule has 1 aliphatic heterocycles. The van der Waals surface area contributed by atoms with Gasteiger partial charge in [-0.15, -0.1) is 0 Å². The molecule has 0 saturated carbocycles. The molecule has 1 fully saturated rings. The SMILES string of the molecule is COc1ccc(CN2CCNC(=O)C2CC(=O)NCCO)cc1OC. The van der Waals surface area contributed by atoms with Crippen LogP contribution in [0, 0.1) is 0 Å². The number of amides is 2. The Bertz CT molecular complexity index is 608. The molecule has 8 nitrogen and oxygen atoms in total. The number of piperazine rings is 1. The maximum absolute atomic E-state index is 12.2. The molecule has 3 N–H and O–H groups in total. The molecule has 0 aliphatic carbocycles. The Labute approximate surface area is 147 Å². The molecule has 0 aromatic heterocycles. The van der Waals surface area contributed by atoms with E-state index in [4.69, 9.17) is 14.6 Å². The molecule has 2 amide bonds. The third kappa shape index (κ3) is 5.07. The van der Waals surface area contributed by atoms with E-state index in [-0.39, 0.29) is 31.4 Å². The summed E-state index contributed by atoms with van der Waals surface area (Å²) in [6.45, 7) is 1.77. The highest BCUT2D eigenvalue weighted by Gasteiger charge is 2.31. The van der Waals surface area contributed by atoms with Gasteiger partial charge in [-0.3, -0.25) is 14.5 Å². The summed E-state index contributed by atoms with van der Waals surface area (Å²) < 4.78 is 10.5. The minimum absolute atomic E-state index is 0.0547. The van der Waals surface area contributed by atoms with Gasteiger partial charge in [-0.1, -0.05) is 6.07 Å². The molecule has 2 rings (SSSR count). The van der Waals surface area contributed by atoms with Crippen LogP contribution in [0.4, 0.5) is 0 Å². The standard InChI is InChI=1S/C17H25N3O5/c1-24-14-4-3-12(9-15(14)25-2)11-20-7-5-19-17(23)13(20)10-16(22)18-6-8-21/h3-4,9,13,21H,5-8,10-11H2,1-2H3,(H,18,22)(H,19,23). The minimum atomic E-state index is -0.541. The van der Waals surface area contributed by atoms with Crippen LogP contribution in [0.2, 0.25) is 0 Å². The van der Waals surface area contributed by atoms with Gasteiger partial charge in [-0.25, -0.2) is 0 Å². The predicted octanol–water partition coefficient (Wildman–Crippen LogP) is -0.497. The van der Waals surface area contributed by atoms with Crippen molar-refractivity contribution in [2.24, 2.45) is 0 Å². The number of carbonyl (C=O) groups excluding carboxylic acids is 2. The van der Waals surface area contributed by atoms with Crippen molar-refractivity contribution >= 4 is 11.8 Å². The molecule has 1 heterocycles. The summed E-state index contributed by atoms with van der Waals surface area (Å²) in [6, 6.07) is 5.06. The Morgan fingerprint density at radius 1 is 1.36 bits per heavy atom. The summed E-state index contributed by atoms with van der Waals surface area (Å²) in [6.07, 6.45) is 0.0547. The molecule has 1 saturated heterocycles. The number of nitrogens with zero attached hydrogens (tertiary/aromatic N) is 1. The number of hydrogen-bond acceptors (Lipinski definition) is 6. The van der Waals surface area contributed by atoms with Crippen molar-refractivity contribution in [1.29, 1.82) is 0 Å². The highest BCUT2D eigenvalue weighted by molar-refractivity contribution is 5.88. The average Bonchev–Trinajstić information content (AvgIpc) is 2.62. The zero-order chi connectivity index (χ0) is 18.2. The van der Waals surface area contributed by atoms with Crippen LogP contribution in [0.1, 0.15) is 12.0 Å². The number of rotatable bonds is 8. The first-order valence-electron chi connectivity index (χ1n) is 8.19. The van der Waals surface area contributed by atoms with E-state index < -0.39 is 6.04 Å². The fourth-order valence-corrected chi connectivity index (χ4v) is 2.83. The van der Waals surface area contributed by atoms with Crippen molar-refractivity contribution in [2.75, 3.05) is 40.5 Å². The molecule has 1 aromatic rings. The van der Waals surface area contributed by atoms with Crippen molar-refractivity contribution in [2.45, 2.75) is 19.0 Å². The van der Waals surface area contributed by atoms with E-state index in [1.807, 2.05) is 23.1 Å². The lowest BCUT2D eigenvalue weighted by Gasteiger charge is -2.34. The Morgan fingerprint density at radius 2 is 2.12 bits per heavy atom. The summed E-state index contributed by atoms with van der Waals surface area (Å²) in [5.74, 6) is 0.848. The van der Waals surface area contributed by atoms with Crippen LogP contribution in [0.3, 0.4) is 0 Å². The van der Waals surface area contributed by atoms with Gasteiger partial charge in [0.2, 0.25) is 11.8 Å². The summed E-state index contributed by atoms with van der Waals surface area (Å²) in [4.78, 5) is 26.1. The first kappa shape index (κ1) is 19.0.